The third kappa shape index (κ3) is 15.8. The Balaban J connectivity index is 3.25. The highest BCUT2D eigenvalue weighted by Gasteiger charge is 2.01. The fourth-order valence-electron chi connectivity index (χ4n) is 2.29. The number of aldehydes is 1. The van der Waals surface area contributed by atoms with Gasteiger partial charge in [-0.15, -0.1) is 11.6 Å². The lowest BCUT2D eigenvalue weighted by molar-refractivity contribution is -0.107. The molecule has 0 N–H and O–H groups in total. The molecule has 118 valence electrons. The molecule has 1 nitrogen and oxygen atoms in total. The predicted molar refractivity (Wildman–Crippen MR) is 90.5 cm³/mol. The zero-order chi connectivity index (χ0) is 14.9. The van der Waals surface area contributed by atoms with Crippen LogP contribution in [0.1, 0.15) is 90.4 Å². The Morgan fingerprint density at radius 3 is 2.25 bits per heavy atom. The summed E-state index contributed by atoms with van der Waals surface area (Å²) in [4.78, 5) is 10.2. The fourth-order valence-corrected chi connectivity index (χ4v) is 2.55. The Labute approximate surface area is 131 Å². The summed E-state index contributed by atoms with van der Waals surface area (Å²) in [5, 5.41) is 0.270. The quantitative estimate of drug-likeness (QED) is 0.147. The average molecular weight is 301 g/mol. The predicted octanol–water partition coefficient (Wildman–Crippen LogP) is 6.44. The SMILES string of the molecule is CCCCCCCC/C=C\CC(Cl)CCCCCC=O. The van der Waals surface area contributed by atoms with Gasteiger partial charge in [0.1, 0.15) is 6.29 Å². The Bertz CT molecular complexity index is 225. The van der Waals surface area contributed by atoms with E-state index in [1.54, 1.807) is 0 Å². The van der Waals surface area contributed by atoms with E-state index in [4.69, 9.17) is 11.6 Å². The van der Waals surface area contributed by atoms with Crippen LogP contribution in [0.3, 0.4) is 0 Å². The molecule has 0 amide bonds. The van der Waals surface area contributed by atoms with Crippen molar-refractivity contribution in [2.75, 3.05) is 0 Å². The minimum atomic E-state index is 0.270. The highest BCUT2D eigenvalue weighted by molar-refractivity contribution is 6.20. The number of allylic oxidation sites excluding steroid dienone is 2. The van der Waals surface area contributed by atoms with Crippen LogP contribution in [0.5, 0.6) is 0 Å². The molecule has 1 unspecified atom stereocenters. The van der Waals surface area contributed by atoms with Crippen LogP contribution in [-0.2, 0) is 4.79 Å². The number of hydrogen-bond acceptors (Lipinski definition) is 1. The molecule has 0 bridgehead atoms. The molecule has 0 spiro atoms. The molecule has 0 saturated carbocycles. The highest BCUT2D eigenvalue weighted by atomic mass is 35.5. The topological polar surface area (TPSA) is 17.1 Å². The number of hydrogen-bond donors (Lipinski definition) is 0. The van der Waals surface area contributed by atoms with Gasteiger partial charge in [-0.05, 0) is 32.1 Å². The largest absolute Gasteiger partial charge is 0.303 e. The van der Waals surface area contributed by atoms with Gasteiger partial charge in [0, 0.05) is 11.8 Å². The summed E-state index contributed by atoms with van der Waals surface area (Å²) < 4.78 is 0. The second kappa shape index (κ2) is 16.8. The van der Waals surface area contributed by atoms with Gasteiger partial charge in [-0.25, -0.2) is 0 Å². The molecule has 0 rings (SSSR count). The molecule has 2 heteroatoms. The summed E-state index contributed by atoms with van der Waals surface area (Å²) in [6.07, 6.45) is 21.0. The van der Waals surface area contributed by atoms with Crippen molar-refractivity contribution in [1.82, 2.24) is 0 Å². The normalized spacial score (nSPS) is 12.9. The molecule has 0 saturated heterocycles. The molecular formula is C18H33ClO. The Hall–Kier alpha value is -0.300. The van der Waals surface area contributed by atoms with Crippen molar-refractivity contribution < 1.29 is 4.79 Å². The summed E-state index contributed by atoms with van der Waals surface area (Å²) >= 11 is 6.27. The smallest absolute Gasteiger partial charge is 0.119 e. The van der Waals surface area contributed by atoms with E-state index in [2.05, 4.69) is 19.1 Å². The van der Waals surface area contributed by atoms with Crippen LogP contribution in [0, 0.1) is 0 Å². The summed E-state index contributed by atoms with van der Waals surface area (Å²) in [5.41, 5.74) is 0. The van der Waals surface area contributed by atoms with Crippen LogP contribution in [-0.4, -0.2) is 11.7 Å². The van der Waals surface area contributed by atoms with E-state index in [9.17, 15) is 4.79 Å². The lowest BCUT2D eigenvalue weighted by atomic mass is 10.1. The molecule has 0 aromatic rings. The monoisotopic (exact) mass is 300 g/mol. The second-order valence-corrected chi connectivity index (χ2v) is 6.28. The zero-order valence-electron chi connectivity index (χ0n) is 13.3. The van der Waals surface area contributed by atoms with E-state index >= 15 is 0 Å². The van der Waals surface area contributed by atoms with Crippen molar-refractivity contribution in [3.05, 3.63) is 12.2 Å². The summed E-state index contributed by atoms with van der Waals surface area (Å²) in [5.74, 6) is 0. The van der Waals surface area contributed by atoms with Crippen LogP contribution in [0.4, 0.5) is 0 Å². The summed E-state index contributed by atoms with van der Waals surface area (Å²) in [6, 6.07) is 0. The molecule has 0 heterocycles. The molecule has 20 heavy (non-hydrogen) atoms. The van der Waals surface area contributed by atoms with Gasteiger partial charge >= 0.3 is 0 Å². The lowest BCUT2D eigenvalue weighted by Crippen LogP contribution is -1.96. The van der Waals surface area contributed by atoms with Crippen LogP contribution in [0.25, 0.3) is 0 Å². The minimum absolute atomic E-state index is 0.270. The average Bonchev–Trinajstić information content (AvgIpc) is 2.45. The third-order valence-corrected chi connectivity index (χ3v) is 4.02. The lowest BCUT2D eigenvalue weighted by Gasteiger charge is -2.05. The van der Waals surface area contributed by atoms with Gasteiger partial charge in [-0.2, -0.15) is 0 Å². The van der Waals surface area contributed by atoms with E-state index in [0.29, 0.717) is 6.42 Å². The van der Waals surface area contributed by atoms with Crippen LogP contribution in [0.2, 0.25) is 0 Å². The second-order valence-electron chi connectivity index (χ2n) is 5.67. The van der Waals surface area contributed by atoms with Gasteiger partial charge in [-0.3, -0.25) is 0 Å². The maximum absolute atomic E-state index is 10.2. The van der Waals surface area contributed by atoms with Crippen molar-refractivity contribution in [3.8, 4) is 0 Å². The van der Waals surface area contributed by atoms with Crippen molar-refractivity contribution in [2.45, 2.75) is 95.8 Å². The number of alkyl halides is 1. The van der Waals surface area contributed by atoms with Crippen molar-refractivity contribution in [3.63, 3.8) is 0 Å². The molecule has 0 aromatic carbocycles. The first-order chi connectivity index (χ1) is 9.81. The van der Waals surface area contributed by atoms with E-state index in [0.717, 1.165) is 38.4 Å². The van der Waals surface area contributed by atoms with Gasteiger partial charge < -0.3 is 4.79 Å². The first kappa shape index (κ1) is 19.7. The standard InChI is InChI=1S/C18H33ClO/c1-2-3-4-5-6-7-8-9-12-15-18(19)16-13-10-11-14-17-20/h9,12,17-18H,2-8,10-11,13-16H2,1H3/b12-9-. The molecule has 0 aliphatic rings. The number of carbonyl (C=O) groups is 1. The van der Waals surface area contributed by atoms with Gasteiger partial charge in [0.2, 0.25) is 0 Å². The van der Waals surface area contributed by atoms with Gasteiger partial charge in [0.05, 0.1) is 0 Å². The molecule has 0 aliphatic carbocycles. The van der Waals surface area contributed by atoms with E-state index in [-0.39, 0.29) is 5.38 Å². The zero-order valence-corrected chi connectivity index (χ0v) is 14.0. The van der Waals surface area contributed by atoms with Crippen LogP contribution in [0.15, 0.2) is 12.2 Å². The van der Waals surface area contributed by atoms with E-state index in [1.165, 1.54) is 44.9 Å². The van der Waals surface area contributed by atoms with Crippen molar-refractivity contribution in [2.24, 2.45) is 0 Å². The first-order valence-electron chi connectivity index (χ1n) is 8.54. The van der Waals surface area contributed by atoms with Gasteiger partial charge in [-0.1, -0.05) is 64.0 Å². The Morgan fingerprint density at radius 2 is 1.50 bits per heavy atom. The molecular weight excluding hydrogens is 268 g/mol. The maximum atomic E-state index is 10.2. The number of rotatable bonds is 15. The van der Waals surface area contributed by atoms with Crippen molar-refractivity contribution in [1.29, 1.82) is 0 Å². The van der Waals surface area contributed by atoms with Crippen LogP contribution < -0.4 is 0 Å². The first-order valence-corrected chi connectivity index (χ1v) is 8.97. The molecule has 0 radical (unpaired) electrons. The maximum Gasteiger partial charge on any atom is 0.119 e. The van der Waals surface area contributed by atoms with Crippen LogP contribution >= 0.6 is 11.6 Å². The molecule has 0 fully saturated rings. The number of unbranched alkanes of at least 4 members (excludes halogenated alkanes) is 9. The Kier molecular flexibility index (Phi) is 16.5. The molecule has 0 aromatic heterocycles. The fraction of sp³-hybridized carbons (Fsp3) is 0.833. The summed E-state index contributed by atoms with van der Waals surface area (Å²) in [7, 11) is 0. The van der Waals surface area contributed by atoms with Gasteiger partial charge in [0.15, 0.2) is 0 Å². The van der Waals surface area contributed by atoms with Gasteiger partial charge in [0.25, 0.3) is 0 Å². The summed E-state index contributed by atoms with van der Waals surface area (Å²) in [6.45, 7) is 2.26. The van der Waals surface area contributed by atoms with E-state index < -0.39 is 0 Å². The highest BCUT2D eigenvalue weighted by Crippen LogP contribution is 2.14. The number of halogens is 1. The minimum Gasteiger partial charge on any atom is -0.303 e. The molecule has 1 atom stereocenters. The third-order valence-electron chi connectivity index (χ3n) is 3.62. The Morgan fingerprint density at radius 1 is 0.850 bits per heavy atom. The molecule has 0 aliphatic heterocycles. The van der Waals surface area contributed by atoms with Crippen molar-refractivity contribution >= 4 is 17.9 Å². The number of carbonyl (C=O) groups excluding carboxylic acids is 1. The van der Waals surface area contributed by atoms with E-state index in [1.807, 2.05) is 0 Å².